The lowest BCUT2D eigenvalue weighted by molar-refractivity contribution is 0.00236. The Morgan fingerprint density at radius 3 is 2.50 bits per heavy atom. The fourth-order valence-corrected chi connectivity index (χ4v) is 2.88. The molecule has 0 aromatic heterocycles. The second-order valence-electron chi connectivity index (χ2n) is 6.49. The summed E-state index contributed by atoms with van der Waals surface area (Å²) in [6.45, 7) is 4.83. The highest BCUT2D eigenvalue weighted by Gasteiger charge is 2.16. The van der Waals surface area contributed by atoms with Gasteiger partial charge in [-0.15, -0.1) is 0 Å². The van der Waals surface area contributed by atoms with Gasteiger partial charge < -0.3 is 9.47 Å². The second-order valence-corrected chi connectivity index (χ2v) is 6.49. The molecule has 24 heavy (non-hydrogen) atoms. The summed E-state index contributed by atoms with van der Waals surface area (Å²) in [7, 11) is 1.66. The molecule has 0 saturated heterocycles. The summed E-state index contributed by atoms with van der Waals surface area (Å²) in [6.07, 6.45) is 10.2. The van der Waals surface area contributed by atoms with Crippen LogP contribution in [0.25, 0.3) is 0 Å². The Balaban J connectivity index is 2.45. The van der Waals surface area contributed by atoms with E-state index in [0.29, 0.717) is 12.2 Å². The maximum absolute atomic E-state index is 12.4. The van der Waals surface area contributed by atoms with Crippen LogP contribution in [0.4, 0.5) is 0 Å². The van der Waals surface area contributed by atoms with Crippen molar-refractivity contribution in [1.29, 1.82) is 0 Å². The van der Waals surface area contributed by atoms with Gasteiger partial charge in [0.1, 0.15) is 6.10 Å². The van der Waals surface area contributed by atoms with Crippen LogP contribution in [-0.4, -0.2) is 25.8 Å². The Hall–Kier alpha value is -1.35. The minimum absolute atomic E-state index is 0.150. The Kier molecular flexibility index (Phi) is 11.2. The lowest BCUT2D eigenvalue weighted by atomic mass is 10.1. The van der Waals surface area contributed by atoms with Crippen LogP contribution < -0.4 is 0 Å². The van der Waals surface area contributed by atoms with Crippen LogP contribution >= 0.6 is 0 Å². The quantitative estimate of drug-likeness (QED) is 0.350. The van der Waals surface area contributed by atoms with E-state index in [1.807, 2.05) is 18.2 Å². The van der Waals surface area contributed by atoms with Crippen molar-refractivity contribution >= 4 is 5.97 Å². The molecule has 0 saturated carbocycles. The highest BCUT2D eigenvalue weighted by Crippen LogP contribution is 2.14. The molecule has 0 amide bonds. The molecule has 0 heterocycles. The number of carbonyl (C=O) groups is 1. The van der Waals surface area contributed by atoms with Crippen LogP contribution in [0.15, 0.2) is 24.3 Å². The lowest BCUT2D eigenvalue weighted by Gasteiger charge is -2.17. The smallest absolute Gasteiger partial charge is 0.338 e. The van der Waals surface area contributed by atoms with Crippen LogP contribution in [0.5, 0.6) is 0 Å². The summed E-state index contributed by atoms with van der Waals surface area (Å²) < 4.78 is 10.9. The molecule has 1 aromatic rings. The molecule has 0 aliphatic carbocycles. The Morgan fingerprint density at radius 2 is 1.79 bits per heavy atom. The number of unbranched alkanes of at least 4 members (excludes halogenated alkanes) is 5. The van der Waals surface area contributed by atoms with Gasteiger partial charge in [-0.05, 0) is 37.0 Å². The molecule has 136 valence electrons. The van der Waals surface area contributed by atoms with E-state index in [9.17, 15) is 4.79 Å². The zero-order chi connectivity index (χ0) is 17.6. The lowest BCUT2D eigenvalue weighted by Crippen LogP contribution is -2.23. The van der Waals surface area contributed by atoms with Gasteiger partial charge in [0, 0.05) is 7.11 Å². The van der Waals surface area contributed by atoms with Crippen LogP contribution in [0.3, 0.4) is 0 Å². The number of methoxy groups -OCH3 is 1. The minimum Gasteiger partial charge on any atom is -0.456 e. The van der Waals surface area contributed by atoms with Crippen molar-refractivity contribution in [3.05, 3.63) is 35.4 Å². The predicted octanol–water partition coefficient (Wildman–Crippen LogP) is 5.56. The molecular formula is C21H34O3. The van der Waals surface area contributed by atoms with Gasteiger partial charge in [-0.3, -0.25) is 0 Å². The molecule has 0 aliphatic heterocycles. The molecule has 1 unspecified atom stereocenters. The summed E-state index contributed by atoms with van der Waals surface area (Å²) in [5.41, 5.74) is 1.83. The third-order valence-corrected chi connectivity index (χ3v) is 4.21. The summed E-state index contributed by atoms with van der Waals surface area (Å²) in [4.78, 5) is 12.4. The van der Waals surface area contributed by atoms with Gasteiger partial charge in [-0.2, -0.15) is 0 Å². The first-order valence-corrected chi connectivity index (χ1v) is 9.50. The van der Waals surface area contributed by atoms with E-state index in [4.69, 9.17) is 9.47 Å². The summed E-state index contributed by atoms with van der Waals surface area (Å²) in [6, 6.07) is 7.76. The molecule has 0 spiro atoms. The molecule has 1 atom stereocenters. The number of aryl methyl sites for hydroxylation is 1. The highest BCUT2D eigenvalue weighted by molar-refractivity contribution is 5.89. The predicted molar refractivity (Wildman–Crippen MR) is 99.5 cm³/mol. The van der Waals surface area contributed by atoms with Gasteiger partial charge in [-0.1, -0.05) is 64.5 Å². The molecule has 0 bridgehead atoms. The van der Waals surface area contributed by atoms with Gasteiger partial charge in [0.15, 0.2) is 0 Å². The first-order chi connectivity index (χ1) is 11.7. The first-order valence-electron chi connectivity index (χ1n) is 9.50. The van der Waals surface area contributed by atoms with E-state index in [0.717, 1.165) is 25.7 Å². The standard InChI is InChI=1S/C21H34O3/c1-4-6-7-8-9-10-15-20(17-23-3)24-21(22)19-14-11-13-18(16-19)12-5-2/h11,13-14,16,20H,4-10,12,15,17H2,1-3H3. The fraction of sp³-hybridized carbons (Fsp3) is 0.667. The second kappa shape index (κ2) is 13.0. The molecule has 0 fully saturated rings. The molecule has 1 rings (SSSR count). The van der Waals surface area contributed by atoms with Crippen molar-refractivity contribution in [2.24, 2.45) is 0 Å². The van der Waals surface area contributed by atoms with Crippen LogP contribution in [0, 0.1) is 0 Å². The zero-order valence-electron chi connectivity index (χ0n) is 15.7. The number of benzene rings is 1. The third kappa shape index (κ3) is 8.49. The fourth-order valence-electron chi connectivity index (χ4n) is 2.88. The SMILES string of the molecule is CCCCCCCCC(COC)OC(=O)c1cccc(CCC)c1. The van der Waals surface area contributed by atoms with Crippen LogP contribution in [0.1, 0.15) is 81.1 Å². The van der Waals surface area contributed by atoms with Crippen molar-refractivity contribution in [2.75, 3.05) is 13.7 Å². The van der Waals surface area contributed by atoms with Crippen molar-refractivity contribution in [3.63, 3.8) is 0 Å². The maximum Gasteiger partial charge on any atom is 0.338 e. The van der Waals surface area contributed by atoms with E-state index in [-0.39, 0.29) is 12.1 Å². The summed E-state index contributed by atoms with van der Waals surface area (Å²) in [5.74, 6) is -0.235. The third-order valence-electron chi connectivity index (χ3n) is 4.21. The molecule has 0 N–H and O–H groups in total. The van der Waals surface area contributed by atoms with E-state index >= 15 is 0 Å². The number of ether oxygens (including phenoxy) is 2. The molecule has 0 radical (unpaired) electrons. The number of carbonyl (C=O) groups excluding carboxylic acids is 1. The number of rotatable bonds is 13. The van der Waals surface area contributed by atoms with Gasteiger partial charge in [-0.25, -0.2) is 4.79 Å². The van der Waals surface area contributed by atoms with Crippen molar-refractivity contribution in [2.45, 2.75) is 77.7 Å². The Morgan fingerprint density at radius 1 is 1.04 bits per heavy atom. The highest BCUT2D eigenvalue weighted by atomic mass is 16.6. The zero-order valence-corrected chi connectivity index (χ0v) is 15.7. The van der Waals surface area contributed by atoms with Gasteiger partial charge in [0.25, 0.3) is 0 Å². The monoisotopic (exact) mass is 334 g/mol. The van der Waals surface area contributed by atoms with Gasteiger partial charge in [0.2, 0.25) is 0 Å². The van der Waals surface area contributed by atoms with E-state index in [1.165, 1.54) is 37.7 Å². The number of esters is 1. The topological polar surface area (TPSA) is 35.5 Å². The average molecular weight is 335 g/mol. The van der Waals surface area contributed by atoms with E-state index < -0.39 is 0 Å². The van der Waals surface area contributed by atoms with Gasteiger partial charge >= 0.3 is 5.97 Å². The first kappa shape index (κ1) is 20.7. The summed E-state index contributed by atoms with van der Waals surface area (Å²) in [5, 5.41) is 0. The Bertz CT molecular complexity index is 456. The molecule has 0 aliphatic rings. The number of hydrogen-bond donors (Lipinski definition) is 0. The molecular weight excluding hydrogens is 300 g/mol. The van der Waals surface area contributed by atoms with E-state index in [1.54, 1.807) is 7.11 Å². The normalized spacial score (nSPS) is 12.1. The largest absolute Gasteiger partial charge is 0.456 e. The van der Waals surface area contributed by atoms with Crippen LogP contribution in [0.2, 0.25) is 0 Å². The van der Waals surface area contributed by atoms with Gasteiger partial charge in [0.05, 0.1) is 12.2 Å². The number of hydrogen-bond acceptors (Lipinski definition) is 3. The van der Waals surface area contributed by atoms with Crippen molar-refractivity contribution in [1.82, 2.24) is 0 Å². The molecule has 3 nitrogen and oxygen atoms in total. The van der Waals surface area contributed by atoms with Crippen molar-refractivity contribution in [3.8, 4) is 0 Å². The summed E-state index contributed by atoms with van der Waals surface area (Å²) >= 11 is 0. The molecule has 3 heteroatoms. The minimum atomic E-state index is -0.235. The van der Waals surface area contributed by atoms with Crippen LogP contribution in [-0.2, 0) is 15.9 Å². The Labute approximate surface area is 147 Å². The average Bonchev–Trinajstić information content (AvgIpc) is 2.58. The van der Waals surface area contributed by atoms with E-state index in [2.05, 4.69) is 19.9 Å². The maximum atomic E-state index is 12.4. The molecule has 1 aromatic carbocycles. The van der Waals surface area contributed by atoms with Crippen molar-refractivity contribution < 1.29 is 14.3 Å².